The molecular weight excluding hydrogens is 314 g/mol. The predicted octanol–water partition coefficient (Wildman–Crippen LogP) is 1.74. The second-order valence-electron chi connectivity index (χ2n) is 4.89. The summed E-state index contributed by atoms with van der Waals surface area (Å²) < 4.78 is 5.11. The van der Waals surface area contributed by atoms with Crippen molar-refractivity contribution >= 4 is 17.5 Å². The van der Waals surface area contributed by atoms with Gasteiger partial charge in [0.2, 0.25) is 0 Å². The number of hydrogen-bond donors (Lipinski definition) is 2. The van der Waals surface area contributed by atoms with Gasteiger partial charge in [-0.05, 0) is 25.1 Å². The third kappa shape index (κ3) is 4.54. The zero-order valence-electron chi connectivity index (χ0n) is 12.8. The maximum atomic E-state index is 11.9. The molecule has 0 saturated carbocycles. The van der Waals surface area contributed by atoms with E-state index in [0.29, 0.717) is 5.56 Å². The van der Waals surface area contributed by atoms with Crippen molar-refractivity contribution in [3.63, 3.8) is 0 Å². The minimum absolute atomic E-state index is 0.0253. The van der Waals surface area contributed by atoms with Crippen molar-refractivity contribution in [1.29, 1.82) is 0 Å². The molecule has 2 N–H and O–H groups in total. The number of benzene rings is 2. The van der Waals surface area contributed by atoms with Gasteiger partial charge in [-0.3, -0.25) is 30.6 Å². The number of carbonyl (C=O) groups is 2. The molecule has 0 fully saturated rings. The van der Waals surface area contributed by atoms with E-state index in [-0.39, 0.29) is 11.4 Å². The van der Waals surface area contributed by atoms with Gasteiger partial charge < -0.3 is 4.74 Å². The number of rotatable bonds is 5. The van der Waals surface area contributed by atoms with E-state index >= 15 is 0 Å². The molecule has 2 aromatic carbocycles. The lowest BCUT2D eigenvalue weighted by molar-refractivity contribution is -0.385. The van der Waals surface area contributed by atoms with Crippen molar-refractivity contribution in [3.8, 4) is 5.75 Å². The van der Waals surface area contributed by atoms with E-state index < -0.39 is 23.3 Å². The lowest BCUT2D eigenvalue weighted by Gasteiger charge is -2.09. The van der Waals surface area contributed by atoms with Crippen LogP contribution in [0.3, 0.4) is 0 Å². The predicted molar refractivity (Wildman–Crippen MR) is 85.4 cm³/mol. The topological polar surface area (TPSA) is 111 Å². The van der Waals surface area contributed by atoms with Crippen LogP contribution in [-0.2, 0) is 4.79 Å². The molecule has 8 heteroatoms. The second-order valence-corrected chi connectivity index (χ2v) is 4.89. The Balaban J connectivity index is 1.86. The molecule has 2 amide bonds. The Morgan fingerprint density at radius 3 is 2.58 bits per heavy atom. The minimum Gasteiger partial charge on any atom is -0.477 e. The van der Waals surface area contributed by atoms with E-state index in [1.54, 1.807) is 24.3 Å². The van der Waals surface area contributed by atoms with Gasteiger partial charge in [0.15, 0.2) is 12.4 Å². The molecule has 124 valence electrons. The normalized spacial score (nSPS) is 9.88. The number of amides is 2. The standard InChI is InChI=1S/C16H15N3O5/c1-11-5-4-6-12(9-11)16(21)18-17-15(20)10-24-14-8-3-2-7-13(14)19(22)23/h2-9H,10H2,1H3,(H,17,20)(H,18,21). The average molecular weight is 329 g/mol. The number of ether oxygens (including phenoxy) is 1. The highest BCUT2D eigenvalue weighted by Gasteiger charge is 2.15. The number of nitro benzene ring substituents is 1. The summed E-state index contributed by atoms with van der Waals surface area (Å²) in [7, 11) is 0. The van der Waals surface area contributed by atoms with Crippen LogP contribution in [0.25, 0.3) is 0 Å². The van der Waals surface area contributed by atoms with Crippen LogP contribution in [0.5, 0.6) is 5.75 Å². The first-order chi connectivity index (χ1) is 11.5. The van der Waals surface area contributed by atoms with Crippen LogP contribution < -0.4 is 15.6 Å². The first kappa shape index (κ1) is 16.9. The lowest BCUT2D eigenvalue weighted by atomic mass is 10.1. The number of carbonyl (C=O) groups excluding carboxylic acids is 2. The van der Waals surface area contributed by atoms with E-state index in [2.05, 4.69) is 10.9 Å². The Kier molecular flexibility index (Phi) is 5.45. The van der Waals surface area contributed by atoms with Crippen LogP contribution in [0, 0.1) is 17.0 Å². The van der Waals surface area contributed by atoms with E-state index in [1.807, 2.05) is 13.0 Å². The molecule has 0 saturated heterocycles. The number of para-hydroxylation sites is 2. The number of nitro groups is 1. The molecule has 8 nitrogen and oxygen atoms in total. The third-order valence-corrected chi connectivity index (χ3v) is 3.02. The van der Waals surface area contributed by atoms with Crippen LogP contribution in [0.2, 0.25) is 0 Å². The molecule has 0 heterocycles. The molecule has 2 aromatic rings. The molecule has 0 aliphatic heterocycles. The molecule has 0 bridgehead atoms. The summed E-state index contributed by atoms with van der Waals surface area (Å²) >= 11 is 0. The molecule has 0 radical (unpaired) electrons. The minimum atomic E-state index is -0.644. The van der Waals surface area contributed by atoms with E-state index in [9.17, 15) is 19.7 Å². The van der Waals surface area contributed by atoms with Crippen LogP contribution >= 0.6 is 0 Å². The number of hydrazine groups is 1. The SMILES string of the molecule is Cc1cccc(C(=O)NNC(=O)COc2ccccc2[N+](=O)[O-])c1. The quantitative estimate of drug-likeness (QED) is 0.641. The van der Waals surface area contributed by atoms with Gasteiger partial charge >= 0.3 is 5.69 Å². The Hall–Kier alpha value is -3.42. The number of hydrogen-bond acceptors (Lipinski definition) is 5. The van der Waals surface area contributed by atoms with E-state index in [1.165, 1.54) is 18.2 Å². The molecule has 0 unspecified atom stereocenters. The van der Waals surface area contributed by atoms with Gasteiger partial charge in [-0.25, -0.2) is 0 Å². The van der Waals surface area contributed by atoms with E-state index in [0.717, 1.165) is 5.56 Å². The molecule has 24 heavy (non-hydrogen) atoms. The average Bonchev–Trinajstić information content (AvgIpc) is 2.58. The smallest absolute Gasteiger partial charge is 0.310 e. The van der Waals surface area contributed by atoms with Crippen molar-refractivity contribution in [1.82, 2.24) is 10.9 Å². The summed E-state index contributed by atoms with van der Waals surface area (Å²) in [5.74, 6) is -1.14. The maximum absolute atomic E-state index is 11.9. The monoisotopic (exact) mass is 329 g/mol. The lowest BCUT2D eigenvalue weighted by Crippen LogP contribution is -2.43. The highest BCUT2D eigenvalue weighted by Crippen LogP contribution is 2.25. The molecule has 0 atom stereocenters. The molecule has 0 aliphatic rings. The first-order valence-corrected chi connectivity index (χ1v) is 6.99. The molecule has 0 aliphatic carbocycles. The zero-order chi connectivity index (χ0) is 17.5. The highest BCUT2D eigenvalue weighted by molar-refractivity contribution is 5.95. The number of nitrogens with one attached hydrogen (secondary N) is 2. The zero-order valence-corrected chi connectivity index (χ0v) is 12.8. The van der Waals surface area contributed by atoms with Gasteiger partial charge in [0, 0.05) is 11.6 Å². The van der Waals surface area contributed by atoms with Crippen LogP contribution in [0.1, 0.15) is 15.9 Å². The third-order valence-electron chi connectivity index (χ3n) is 3.02. The fourth-order valence-electron chi connectivity index (χ4n) is 1.89. The van der Waals surface area contributed by atoms with E-state index in [4.69, 9.17) is 4.74 Å². The van der Waals surface area contributed by atoms with Crippen molar-refractivity contribution in [2.24, 2.45) is 0 Å². The fraction of sp³-hybridized carbons (Fsp3) is 0.125. The molecule has 2 rings (SSSR count). The Bertz CT molecular complexity index is 776. The second kappa shape index (κ2) is 7.73. The molecular formula is C16H15N3O5. The van der Waals surface area contributed by atoms with Gasteiger partial charge in [-0.1, -0.05) is 29.8 Å². The van der Waals surface area contributed by atoms with Crippen molar-refractivity contribution in [2.45, 2.75) is 6.92 Å². The summed E-state index contributed by atoms with van der Waals surface area (Å²) in [6, 6.07) is 12.6. The summed E-state index contributed by atoms with van der Waals surface area (Å²) in [6.45, 7) is 1.37. The number of aryl methyl sites for hydroxylation is 1. The molecule has 0 spiro atoms. The summed E-state index contributed by atoms with van der Waals surface area (Å²) in [5, 5.41) is 10.8. The first-order valence-electron chi connectivity index (χ1n) is 6.99. The Morgan fingerprint density at radius 1 is 1.12 bits per heavy atom. The fourth-order valence-corrected chi connectivity index (χ4v) is 1.89. The van der Waals surface area contributed by atoms with Gasteiger partial charge in [0.25, 0.3) is 11.8 Å². The highest BCUT2D eigenvalue weighted by atomic mass is 16.6. The Labute approximate surface area is 137 Å². The largest absolute Gasteiger partial charge is 0.477 e. The summed E-state index contributed by atoms with van der Waals surface area (Å²) in [4.78, 5) is 33.8. The Morgan fingerprint density at radius 2 is 1.88 bits per heavy atom. The van der Waals surface area contributed by atoms with Crippen molar-refractivity contribution in [3.05, 3.63) is 69.8 Å². The van der Waals surface area contributed by atoms with Crippen LogP contribution in [0.4, 0.5) is 5.69 Å². The number of nitrogens with zero attached hydrogens (tertiary/aromatic N) is 1. The van der Waals surface area contributed by atoms with Gasteiger partial charge in [0.1, 0.15) is 0 Å². The van der Waals surface area contributed by atoms with Gasteiger partial charge in [0.05, 0.1) is 4.92 Å². The van der Waals surface area contributed by atoms with Crippen LogP contribution in [-0.4, -0.2) is 23.3 Å². The van der Waals surface area contributed by atoms with Gasteiger partial charge in [-0.2, -0.15) is 0 Å². The molecule has 0 aromatic heterocycles. The maximum Gasteiger partial charge on any atom is 0.310 e. The summed E-state index contributed by atoms with van der Waals surface area (Å²) in [5.41, 5.74) is 5.50. The van der Waals surface area contributed by atoms with Crippen LogP contribution in [0.15, 0.2) is 48.5 Å². The van der Waals surface area contributed by atoms with Gasteiger partial charge in [-0.15, -0.1) is 0 Å². The summed E-state index contributed by atoms with van der Waals surface area (Å²) in [6.07, 6.45) is 0. The van der Waals surface area contributed by atoms with Crippen molar-refractivity contribution in [2.75, 3.05) is 6.61 Å². The van der Waals surface area contributed by atoms with Crippen molar-refractivity contribution < 1.29 is 19.2 Å².